The summed E-state index contributed by atoms with van der Waals surface area (Å²) in [6, 6.07) is 12.2. The van der Waals surface area contributed by atoms with Crippen LogP contribution in [0, 0.1) is 0 Å². The summed E-state index contributed by atoms with van der Waals surface area (Å²) in [6.45, 7) is 2.15. The summed E-state index contributed by atoms with van der Waals surface area (Å²) in [5.74, 6) is 0. The van der Waals surface area contributed by atoms with E-state index in [4.69, 9.17) is 12.2 Å². The number of hydrogen-bond acceptors (Lipinski definition) is 3. The van der Waals surface area contributed by atoms with Crippen molar-refractivity contribution in [1.82, 2.24) is 9.78 Å². The van der Waals surface area contributed by atoms with E-state index >= 15 is 0 Å². The van der Waals surface area contributed by atoms with Crippen molar-refractivity contribution in [3.63, 3.8) is 0 Å². The Bertz CT molecular complexity index is 451. The first-order valence-corrected chi connectivity index (χ1v) is 6.32. The van der Waals surface area contributed by atoms with E-state index in [1.165, 1.54) is 5.56 Å². The number of thiocarbonyl (C=S) groups is 1. The number of aromatic nitrogens is 2. The third-order valence-electron chi connectivity index (χ3n) is 2.24. The molecule has 82 valence electrons. The van der Waals surface area contributed by atoms with Crippen molar-refractivity contribution in [2.24, 2.45) is 0 Å². The van der Waals surface area contributed by atoms with Crippen LogP contribution in [0.5, 0.6) is 0 Å². The van der Waals surface area contributed by atoms with Crippen LogP contribution in [0.3, 0.4) is 0 Å². The van der Waals surface area contributed by atoms with Gasteiger partial charge in [0.15, 0.2) is 4.32 Å². The van der Waals surface area contributed by atoms with Gasteiger partial charge in [0, 0.05) is 17.6 Å². The van der Waals surface area contributed by atoms with Gasteiger partial charge in [0.1, 0.15) is 0 Å². The molecule has 1 atom stereocenters. The second-order valence-corrected chi connectivity index (χ2v) is 5.36. The summed E-state index contributed by atoms with van der Waals surface area (Å²) in [4.78, 5) is 0. The van der Waals surface area contributed by atoms with Crippen LogP contribution in [0.25, 0.3) is 0 Å². The molecule has 0 aliphatic rings. The van der Waals surface area contributed by atoms with Gasteiger partial charge in [0.25, 0.3) is 0 Å². The second kappa shape index (κ2) is 5.27. The van der Waals surface area contributed by atoms with Gasteiger partial charge in [0.05, 0.1) is 0 Å². The lowest BCUT2D eigenvalue weighted by Gasteiger charge is -2.11. The molecule has 0 amide bonds. The molecular weight excluding hydrogens is 236 g/mol. The van der Waals surface area contributed by atoms with E-state index in [1.54, 1.807) is 22.6 Å². The Labute approximate surface area is 105 Å². The smallest absolute Gasteiger partial charge is 0.161 e. The zero-order valence-corrected chi connectivity index (χ0v) is 10.5. The first-order valence-electron chi connectivity index (χ1n) is 5.03. The normalized spacial score (nSPS) is 12.3. The van der Waals surface area contributed by atoms with Gasteiger partial charge in [-0.05, 0) is 18.6 Å². The number of nitrogens with zero attached hydrogens (tertiary/aromatic N) is 2. The monoisotopic (exact) mass is 248 g/mol. The SMILES string of the molecule is CC(SC(=S)n1cccn1)c1ccccc1. The van der Waals surface area contributed by atoms with Crippen LogP contribution in [-0.2, 0) is 0 Å². The first-order chi connectivity index (χ1) is 7.77. The predicted molar refractivity (Wildman–Crippen MR) is 72.7 cm³/mol. The summed E-state index contributed by atoms with van der Waals surface area (Å²) < 4.78 is 2.50. The molecule has 0 radical (unpaired) electrons. The first kappa shape index (κ1) is 11.4. The summed E-state index contributed by atoms with van der Waals surface area (Å²) in [5, 5.41) is 4.46. The Morgan fingerprint density at radius 1 is 1.31 bits per heavy atom. The average Bonchev–Trinajstić information content (AvgIpc) is 2.83. The largest absolute Gasteiger partial charge is 0.224 e. The molecule has 0 saturated carbocycles. The van der Waals surface area contributed by atoms with Gasteiger partial charge in [-0.3, -0.25) is 0 Å². The molecule has 1 aromatic heterocycles. The van der Waals surface area contributed by atoms with Gasteiger partial charge >= 0.3 is 0 Å². The van der Waals surface area contributed by atoms with Gasteiger partial charge in [-0.15, -0.1) is 0 Å². The Morgan fingerprint density at radius 2 is 2.06 bits per heavy atom. The molecule has 2 aromatic rings. The van der Waals surface area contributed by atoms with E-state index in [1.807, 2.05) is 30.5 Å². The van der Waals surface area contributed by atoms with Crippen molar-refractivity contribution in [3.8, 4) is 0 Å². The van der Waals surface area contributed by atoms with Gasteiger partial charge in [-0.2, -0.15) is 5.10 Å². The molecular formula is C12H12N2S2. The van der Waals surface area contributed by atoms with E-state index in [9.17, 15) is 0 Å². The third kappa shape index (κ3) is 2.71. The Balaban J connectivity index is 2.03. The Kier molecular flexibility index (Phi) is 3.74. The van der Waals surface area contributed by atoms with Crippen LogP contribution in [0.15, 0.2) is 48.8 Å². The molecule has 16 heavy (non-hydrogen) atoms. The van der Waals surface area contributed by atoms with Gasteiger partial charge in [-0.1, -0.05) is 54.3 Å². The average molecular weight is 248 g/mol. The minimum atomic E-state index is 0.345. The van der Waals surface area contributed by atoms with Crippen LogP contribution in [0.4, 0.5) is 0 Å². The summed E-state index contributed by atoms with van der Waals surface area (Å²) in [7, 11) is 0. The maximum atomic E-state index is 5.31. The summed E-state index contributed by atoms with van der Waals surface area (Å²) in [6.07, 6.45) is 3.60. The summed E-state index contributed by atoms with van der Waals surface area (Å²) in [5.41, 5.74) is 1.28. The minimum Gasteiger partial charge on any atom is -0.224 e. The molecule has 0 spiro atoms. The summed E-state index contributed by atoms with van der Waals surface area (Å²) >= 11 is 6.96. The number of benzene rings is 1. The highest BCUT2D eigenvalue weighted by molar-refractivity contribution is 8.23. The maximum absolute atomic E-state index is 5.31. The zero-order chi connectivity index (χ0) is 11.4. The predicted octanol–water partition coefficient (Wildman–Crippen LogP) is 3.51. The van der Waals surface area contributed by atoms with E-state index in [-0.39, 0.29) is 0 Å². The molecule has 0 aliphatic heterocycles. The van der Waals surface area contributed by atoms with Crippen LogP contribution in [-0.4, -0.2) is 14.1 Å². The van der Waals surface area contributed by atoms with Gasteiger partial charge in [0.2, 0.25) is 0 Å². The van der Waals surface area contributed by atoms with Crippen LogP contribution in [0.2, 0.25) is 0 Å². The molecule has 2 nitrogen and oxygen atoms in total. The highest BCUT2D eigenvalue weighted by Gasteiger charge is 2.09. The molecule has 1 aromatic carbocycles. The second-order valence-electron chi connectivity index (χ2n) is 3.39. The van der Waals surface area contributed by atoms with Crippen LogP contribution < -0.4 is 0 Å². The molecule has 0 N–H and O–H groups in total. The number of thioether (sulfide) groups is 1. The van der Waals surface area contributed by atoms with Gasteiger partial charge in [-0.25, -0.2) is 4.68 Å². The van der Waals surface area contributed by atoms with E-state index in [0.717, 1.165) is 4.32 Å². The quantitative estimate of drug-likeness (QED) is 0.757. The lowest BCUT2D eigenvalue weighted by atomic mass is 10.2. The molecule has 1 heterocycles. The van der Waals surface area contributed by atoms with E-state index in [2.05, 4.69) is 24.2 Å². The molecule has 0 bridgehead atoms. The zero-order valence-electron chi connectivity index (χ0n) is 8.91. The fourth-order valence-electron chi connectivity index (χ4n) is 1.37. The number of hydrogen-bond donors (Lipinski definition) is 0. The lowest BCUT2D eigenvalue weighted by molar-refractivity contribution is 0.962. The van der Waals surface area contributed by atoms with Crippen LogP contribution >= 0.6 is 24.0 Å². The standard InChI is InChI=1S/C12H12N2S2/c1-10(11-6-3-2-4-7-11)16-12(15)14-9-5-8-13-14/h2-10H,1H3. The van der Waals surface area contributed by atoms with Crippen molar-refractivity contribution in [2.75, 3.05) is 0 Å². The molecule has 0 aliphatic carbocycles. The molecule has 1 unspecified atom stereocenters. The van der Waals surface area contributed by atoms with Crippen molar-refractivity contribution < 1.29 is 0 Å². The minimum absolute atomic E-state index is 0.345. The molecule has 0 fully saturated rings. The van der Waals surface area contributed by atoms with Crippen molar-refractivity contribution in [3.05, 3.63) is 54.4 Å². The van der Waals surface area contributed by atoms with Crippen LogP contribution in [0.1, 0.15) is 17.7 Å². The molecule has 4 heteroatoms. The van der Waals surface area contributed by atoms with Crippen molar-refractivity contribution in [1.29, 1.82) is 0 Å². The van der Waals surface area contributed by atoms with Gasteiger partial charge < -0.3 is 0 Å². The fourth-order valence-corrected chi connectivity index (χ4v) is 2.73. The lowest BCUT2D eigenvalue weighted by Crippen LogP contribution is -2.06. The van der Waals surface area contributed by atoms with E-state index in [0.29, 0.717) is 5.25 Å². The molecule has 2 rings (SSSR count). The topological polar surface area (TPSA) is 17.8 Å². The highest BCUT2D eigenvalue weighted by atomic mass is 32.2. The Hall–Kier alpha value is -1.13. The third-order valence-corrected chi connectivity index (χ3v) is 3.73. The Morgan fingerprint density at radius 3 is 2.69 bits per heavy atom. The fraction of sp³-hybridized carbons (Fsp3) is 0.167. The van der Waals surface area contributed by atoms with E-state index < -0.39 is 0 Å². The maximum Gasteiger partial charge on any atom is 0.161 e. The number of rotatable bonds is 2. The van der Waals surface area contributed by atoms with Crippen molar-refractivity contribution >= 4 is 28.3 Å². The van der Waals surface area contributed by atoms with Crippen molar-refractivity contribution in [2.45, 2.75) is 12.2 Å². The molecule has 0 saturated heterocycles. The highest BCUT2D eigenvalue weighted by Crippen LogP contribution is 2.29.